The molecule has 0 aromatic heterocycles. The highest BCUT2D eigenvalue weighted by molar-refractivity contribution is 5.90. The van der Waals surface area contributed by atoms with Crippen LogP contribution < -0.4 is 5.11 Å². The van der Waals surface area contributed by atoms with Crippen LogP contribution in [0.4, 0.5) is 0 Å². The molecule has 0 N–H and O–H groups in total. The van der Waals surface area contributed by atoms with Gasteiger partial charge in [0.1, 0.15) is 5.60 Å². The van der Waals surface area contributed by atoms with Crippen LogP contribution in [0.2, 0.25) is 0 Å². The van der Waals surface area contributed by atoms with Crippen molar-refractivity contribution >= 4 is 11.9 Å². The molecule has 130 valence electrons. The van der Waals surface area contributed by atoms with Crippen LogP contribution in [0.5, 0.6) is 0 Å². The van der Waals surface area contributed by atoms with Crippen LogP contribution in [-0.2, 0) is 14.3 Å². The van der Waals surface area contributed by atoms with Crippen molar-refractivity contribution in [3.63, 3.8) is 0 Å². The molecule has 3 rings (SSSR count). The number of carboxylic acid groups (broad SMARTS) is 1. The highest BCUT2D eigenvalue weighted by Crippen LogP contribution is 2.51. The van der Waals surface area contributed by atoms with Gasteiger partial charge in [-0.1, -0.05) is 35.5 Å². The molecule has 0 saturated carbocycles. The number of rotatable bonds is 6. The van der Waals surface area contributed by atoms with Crippen molar-refractivity contribution in [2.75, 3.05) is 13.1 Å². The number of hydrogen-bond donors (Lipinski definition) is 0. The minimum Gasteiger partial charge on any atom is -0.550 e. The van der Waals surface area contributed by atoms with Gasteiger partial charge in [-0.05, 0) is 33.6 Å². The van der Waals surface area contributed by atoms with Crippen molar-refractivity contribution in [1.29, 1.82) is 0 Å². The van der Waals surface area contributed by atoms with E-state index in [1.54, 1.807) is 11.0 Å². The highest BCUT2D eigenvalue weighted by Gasteiger charge is 2.65. The van der Waals surface area contributed by atoms with E-state index in [-0.39, 0.29) is 5.91 Å². The van der Waals surface area contributed by atoms with Crippen molar-refractivity contribution in [3.05, 3.63) is 35.5 Å². The summed E-state index contributed by atoms with van der Waals surface area (Å²) >= 11 is 0. The number of hydrogen-bond acceptors (Lipinski definition) is 4. The number of likely N-dealkylation sites (tertiary alicyclic amines) is 1. The smallest absolute Gasteiger partial charge is 0.230 e. The zero-order chi connectivity index (χ0) is 17.5. The minimum absolute atomic E-state index is 0.135. The molecule has 2 saturated heterocycles. The van der Waals surface area contributed by atoms with Crippen molar-refractivity contribution < 1.29 is 19.4 Å². The first-order valence-electron chi connectivity index (χ1n) is 8.50. The van der Waals surface area contributed by atoms with E-state index in [0.29, 0.717) is 13.1 Å². The topological polar surface area (TPSA) is 69.7 Å². The first-order chi connectivity index (χ1) is 11.3. The van der Waals surface area contributed by atoms with Gasteiger partial charge in [-0.25, -0.2) is 0 Å². The van der Waals surface area contributed by atoms with Crippen molar-refractivity contribution in [2.24, 2.45) is 11.8 Å². The number of nitrogens with zero attached hydrogens (tertiary/aromatic N) is 1. The summed E-state index contributed by atoms with van der Waals surface area (Å²) in [6, 6.07) is 0. The molecule has 0 aliphatic carbocycles. The van der Waals surface area contributed by atoms with Gasteiger partial charge < -0.3 is 19.5 Å². The number of allylic oxidation sites excluding steroid dienone is 3. The van der Waals surface area contributed by atoms with Crippen molar-refractivity contribution in [1.82, 2.24) is 4.90 Å². The molecule has 24 heavy (non-hydrogen) atoms. The molecule has 3 aliphatic rings. The van der Waals surface area contributed by atoms with E-state index in [0.717, 1.165) is 12.8 Å². The Bertz CT molecular complexity index is 644. The third kappa shape index (κ3) is 2.81. The Labute approximate surface area is 142 Å². The predicted molar refractivity (Wildman–Crippen MR) is 87.7 cm³/mol. The standard InChI is InChI=1S/C19H25NO4/c1-12(2)5-4-6-13(3)8-10-20-11-19-9-7-14(24-19)15(18(22)23)16(19)17(20)21/h5,7-9,14-16H,4,6,10-11H2,1-3H3,(H,22,23)/p-1/t14-,15-,16+,19-/m1/s1. The Morgan fingerprint density at radius 2 is 2.17 bits per heavy atom. The summed E-state index contributed by atoms with van der Waals surface area (Å²) in [4.78, 5) is 25.8. The zero-order valence-electron chi connectivity index (χ0n) is 14.5. The number of carbonyl (C=O) groups is 2. The average Bonchev–Trinajstić information content (AvgIpc) is 3.13. The summed E-state index contributed by atoms with van der Waals surface area (Å²) in [5, 5.41) is 11.4. The van der Waals surface area contributed by atoms with Crippen LogP contribution in [0, 0.1) is 11.8 Å². The van der Waals surface area contributed by atoms with Gasteiger partial charge in [-0.3, -0.25) is 4.79 Å². The van der Waals surface area contributed by atoms with Gasteiger partial charge in [0.25, 0.3) is 0 Å². The number of amides is 1. The SMILES string of the molecule is CC(C)=CCCC(C)=CCN1C[C@@]23C=C[C@@H](O2)[C@@H](C(=O)[O-])[C@H]3C1=O. The van der Waals surface area contributed by atoms with Crippen LogP contribution >= 0.6 is 0 Å². The lowest BCUT2D eigenvalue weighted by atomic mass is 9.77. The molecule has 1 spiro atoms. The lowest BCUT2D eigenvalue weighted by molar-refractivity contribution is -0.313. The summed E-state index contributed by atoms with van der Waals surface area (Å²) in [6.07, 6.45) is 9.31. The van der Waals surface area contributed by atoms with Gasteiger partial charge in [-0.2, -0.15) is 0 Å². The van der Waals surface area contributed by atoms with E-state index in [2.05, 4.69) is 32.9 Å². The third-order valence-corrected chi connectivity index (χ3v) is 5.20. The normalized spacial score (nSPS) is 34.0. The Hall–Kier alpha value is -1.88. The Morgan fingerprint density at radius 3 is 2.83 bits per heavy atom. The van der Waals surface area contributed by atoms with E-state index >= 15 is 0 Å². The fourth-order valence-corrected chi connectivity index (χ4v) is 3.96. The van der Waals surface area contributed by atoms with Gasteiger partial charge in [0.15, 0.2) is 0 Å². The molecule has 4 atom stereocenters. The largest absolute Gasteiger partial charge is 0.550 e. The second kappa shape index (κ2) is 6.20. The van der Waals surface area contributed by atoms with E-state index < -0.39 is 29.5 Å². The number of ether oxygens (including phenoxy) is 1. The fraction of sp³-hybridized carbons (Fsp3) is 0.579. The molecule has 0 aromatic rings. The summed E-state index contributed by atoms with van der Waals surface area (Å²) in [7, 11) is 0. The molecule has 5 heteroatoms. The summed E-state index contributed by atoms with van der Waals surface area (Å²) in [5.74, 6) is -2.84. The summed E-state index contributed by atoms with van der Waals surface area (Å²) < 4.78 is 5.83. The molecule has 0 radical (unpaired) electrons. The first kappa shape index (κ1) is 17.0. The number of fused-ring (bicyclic) bond motifs is 1. The molecule has 1 amide bonds. The zero-order valence-corrected chi connectivity index (χ0v) is 14.5. The number of carboxylic acids is 1. The van der Waals surface area contributed by atoms with Gasteiger partial charge in [0.2, 0.25) is 5.91 Å². The lowest BCUT2D eigenvalue weighted by Gasteiger charge is -2.24. The van der Waals surface area contributed by atoms with Gasteiger partial charge in [-0.15, -0.1) is 0 Å². The molecule has 2 fully saturated rings. The monoisotopic (exact) mass is 330 g/mol. The number of aliphatic carboxylic acids is 1. The predicted octanol–water partition coefficient (Wildman–Crippen LogP) is 1.21. The molecule has 0 unspecified atom stereocenters. The maximum atomic E-state index is 12.7. The molecule has 2 bridgehead atoms. The molecular formula is C19H24NO4-. The Kier molecular flexibility index (Phi) is 4.38. The van der Waals surface area contributed by atoms with Crippen LogP contribution in [0.1, 0.15) is 33.6 Å². The van der Waals surface area contributed by atoms with E-state index in [4.69, 9.17) is 4.74 Å². The van der Waals surface area contributed by atoms with Gasteiger partial charge in [0, 0.05) is 18.4 Å². The summed E-state index contributed by atoms with van der Waals surface area (Å²) in [6.45, 7) is 7.14. The van der Waals surface area contributed by atoms with E-state index in [1.165, 1.54) is 11.1 Å². The lowest BCUT2D eigenvalue weighted by Crippen LogP contribution is -2.45. The second-order valence-electron chi connectivity index (χ2n) is 7.31. The Morgan fingerprint density at radius 1 is 1.42 bits per heavy atom. The molecule has 3 heterocycles. The third-order valence-electron chi connectivity index (χ3n) is 5.20. The van der Waals surface area contributed by atoms with Gasteiger partial charge in [0.05, 0.1) is 18.6 Å². The van der Waals surface area contributed by atoms with Crippen molar-refractivity contribution in [2.45, 2.75) is 45.3 Å². The van der Waals surface area contributed by atoms with Gasteiger partial charge >= 0.3 is 0 Å². The van der Waals surface area contributed by atoms with Crippen LogP contribution in [0.3, 0.4) is 0 Å². The number of carbonyl (C=O) groups excluding carboxylic acids is 2. The Balaban J connectivity index is 1.66. The van der Waals surface area contributed by atoms with Crippen LogP contribution in [0.15, 0.2) is 35.5 Å². The van der Waals surface area contributed by atoms with E-state index in [9.17, 15) is 14.7 Å². The maximum Gasteiger partial charge on any atom is 0.230 e. The minimum atomic E-state index is -1.19. The van der Waals surface area contributed by atoms with Crippen LogP contribution in [0.25, 0.3) is 0 Å². The van der Waals surface area contributed by atoms with E-state index in [1.807, 2.05) is 6.08 Å². The second-order valence-corrected chi connectivity index (χ2v) is 7.31. The molecule has 5 nitrogen and oxygen atoms in total. The first-order valence-corrected chi connectivity index (χ1v) is 8.50. The maximum absolute atomic E-state index is 12.7. The molecular weight excluding hydrogens is 306 g/mol. The van der Waals surface area contributed by atoms with Crippen molar-refractivity contribution in [3.8, 4) is 0 Å². The summed E-state index contributed by atoms with van der Waals surface area (Å²) in [5.41, 5.74) is 1.76. The fourth-order valence-electron chi connectivity index (χ4n) is 3.96. The quantitative estimate of drug-likeness (QED) is 0.687. The average molecular weight is 330 g/mol. The molecule has 3 aliphatic heterocycles. The van der Waals surface area contributed by atoms with Crippen LogP contribution in [-0.4, -0.2) is 41.6 Å². The molecule has 0 aromatic carbocycles. The highest BCUT2D eigenvalue weighted by atomic mass is 16.5.